The highest BCUT2D eigenvalue weighted by atomic mass is 79.9. The minimum atomic E-state index is -0.282. The Morgan fingerprint density at radius 3 is 2.53 bits per heavy atom. The van der Waals surface area contributed by atoms with Crippen molar-refractivity contribution in [2.75, 3.05) is 27.2 Å². The predicted molar refractivity (Wildman–Crippen MR) is 70.1 cm³/mol. The summed E-state index contributed by atoms with van der Waals surface area (Å²) in [4.78, 5) is 2.31. The van der Waals surface area contributed by atoms with Crippen molar-refractivity contribution in [2.24, 2.45) is 0 Å². The van der Waals surface area contributed by atoms with Gasteiger partial charge in [-0.25, -0.2) is 4.39 Å². The van der Waals surface area contributed by atoms with E-state index in [4.69, 9.17) is 4.74 Å². The predicted octanol–water partition coefficient (Wildman–Crippen LogP) is 3.41. The highest BCUT2D eigenvalue weighted by molar-refractivity contribution is 9.10. The zero-order chi connectivity index (χ0) is 12.4. The van der Waals surface area contributed by atoms with Gasteiger partial charge in [-0.3, -0.25) is 0 Å². The second-order valence-corrected chi connectivity index (χ2v) is 5.45. The van der Waals surface area contributed by atoms with Gasteiger partial charge in [0.1, 0.15) is 0 Å². The molecule has 94 valence electrons. The fourth-order valence-electron chi connectivity index (χ4n) is 2.35. The zero-order valence-corrected chi connectivity index (χ0v) is 11.8. The van der Waals surface area contributed by atoms with E-state index in [0.29, 0.717) is 16.1 Å². The van der Waals surface area contributed by atoms with E-state index in [2.05, 4.69) is 27.9 Å². The summed E-state index contributed by atoms with van der Waals surface area (Å²) in [6, 6.07) is 3.59. The van der Waals surface area contributed by atoms with Crippen LogP contribution >= 0.6 is 15.9 Å². The number of hydrogen-bond acceptors (Lipinski definition) is 2. The van der Waals surface area contributed by atoms with Gasteiger partial charge in [-0.05, 0) is 72.5 Å². The topological polar surface area (TPSA) is 12.5 Å². The van der Waals surface area contributed by atoms with E-state index in [1.54, 1.807) is 6.07 Å². The number of likely N-dealkylation sites (tertiary alicyclic amines) is 1. The van der Waals surface area contributed by atoms with Crippen molar-refractivity contribution >= 4 is 15.9 Å². The molecule has 1 aliphatic rings. The Kier molecular flexibility index (Phi) is 4.05. The van der Waals surface area contributed by atoms with Crippen LogP contribution < -0.4 is 4.74 Å². The number of piperidine rings is 1. The van der Waals surface area contributed by atoms with Gasteiger partial charge in [0.05, 0.1) is 11.6 Å². The molecule has 0 unspecified atom stereocenters. The van der Waals surface area contributed by atoms with Gasteiger partial charge in [-0.15, -0.1) is 0 Å². The van der Waals surface area contributed by atoms with Crippen LogP contribution in [0.3, 0.4) is 0 Å². The highest BCUT2D eigenvalue weighted by Crippen LogP contribution is 2.35. The molecule has 17 heavy (non-hydrogen) atoms. The van der Waals surface area contributed by atoms with Crippen LogP contribution in [0.25, 0.3) is 0 Å². The Hall–Kier alpha value is -0.610. The number of nitrogens with zero attached hydrogens (tertiary/aromatic N) is 1. The molecule has 2 nitrogen and oxygen atoms in total. The third-order valence-electron chi connectivity index (χ3n) is 3.41. The molecular formula is C13H17BrFNO. The maximum atomic E-state index is 13.8. The lowest BCUT2D eigenvalue weighted by atomic mass is 9.89. The van der Waals surface area contributed by atoms with Crippen LogP contribution in [0.1, 0.15) is 24.3 Å². The van der Waals surface area contributed by atoms with Crippen LogP contribution in [0, 0.1) is 5.82 Å². The number of ether oxygens (including phenoxy) is 1. The average molecular weight is 302 g/mol. The van der Waals surface area contributed by atoms with E-state index in [1.165, 1.54) is 7.11 Å². The molecule has 1 aliphatic heterocycles. The Balaban J connectivity index is 2.22. The summed E-state index contributed by atoms with van der Waals surface area (Å²) in [6.45, 7) is 2.16. The maximum Gasteiger partial charge on any atom is 0.168 e. The number of hydrogen-bond donors (Lipinski definition) is 0. The Labute approximate surface area is 110 Å². The van der Waals surface area contributed by atoms with Crippen LogP contribution in [0.4, 0.5) is 4.39 Å². The minimum Gasteiger partial charge on any atom is -0.492 e. The summed E-state index contributed by atoms with van der Waals surface area (Å²) in [6.07, 6.45) is 2.18. The summed E-state index contributed by atoms with van der Waals surface area (Å²) >= 11 is 3.36. The number of benzene rings is 1. The summed E-state index contributed by atoms with van der Waals surface area (Å²) in [5, 5.41) is 0. The van der Waals surface area contributed by atoms with Crippen LogP contribution in [0.5, 0.6) is 5.75 Å². The largest absolute Gasteiger partial charge is 0.492 e. The molecule has 0 atom stereocenters. The summed E-state index contributed by atoms with van der Waals surface area (Å²) in [5.74, 6) is 0.473. The van der Waals surface area contributed by atoms with Gasteiger partial charge in [0.2, 0.25) is 0 Å². The monoisotopic (exact) mass is 301 g/mol. The van der Waals surface area contributed by atoms with Crippen LogP contribution in [0.2, 0.25) is 0 Å². The van der Waals surface area contributed by atoms with Crippen molar-refractivity contribution in [2.45, 2.75) is 18.8 Å². The van der Waals surface area contributed by atoms with E-state index >= 15 is 0 Å². The highest BCUT2D eigenvalue weighted by Gasteiger charge is 2.20. The maximum absolute atomic E-state index is 13.8. The molecule has 4 heteroatoms. The van der Waals surface area contributed by atoms with Gasteiger partial charge in [0.15, 0.2) is 11.6 Å². The average Bonchev–Trinajstić information content (AvgIpc) is 2.29. The smallest absolute Gasteiger partial charge is 0.168 e. The molecule has 2 rings (SSSR count). The molecule has 0 radical (unpaired) electrons. The summed E-state index contributed by atoms with van der Waals surface area (Å²) in [7, 11) is 3.61. The second-order valence-electron chi connectivity index (χ2n) is 4.60. The van der Waals surface area contributed by atoms with E-state index in [0.717, 1.165) is 31.5 Å². The normalized spacial score (nSPS) is 18.4. The van der Waals surface area contributed by atoms with Gasteiger partial charge < -0.3 is 9.64 Å². The lowest BCUT2D eigenvalue weighted by molar-refractivity contribution is 0.255. The fourth-order valence-corrected chi connectivity index (χ4v) is 2.97. The first-order valence-electron chi connectivity index (χ1n) is 5.83. The molecule has 0 N–H and O–H groups in total. The molecule has 0 aromatic heterocycles. The zero-order valence-electron chi connectivity index (χ0n) is 10.2. The van der Waals surface area contributed by atoms with Crippen LogP contribution in [-0.2, 0) is 0 Å². The standard InChI is InChI=1S/C13H17BrFNO/c1-16-5-3-9(4-6-16)10-7-11(14)13(17-2)12(15)8-10/h7-9H,3-6H2,1-2H3. The lowest BCUT2D eigenvalue weighted by Crippen LogP contribution is -2.29. The van der Waals surface area contributed by atoms with E-state index in [1.807, 2.05) is 6.07 Å². The fraction of sp³-hybridized carbons (Fsp3) is 0.538. The summed E-state index contributed by atoms with van der Waals surface area (Å²) < 4.78 is 19.5. The first kappa shape index (κ1) is 12.8. The van der Waals surface area contributed by atoms with Crippen molar-refractivity contribution in [3.05, 3.63) is 28.0 Å². The Bertz CT molecular complexity index is 379. The van der Waals surface area contributed by atoms with E-state index in [-0.39, 0.29) is 5.82 Å². The first-order valence-corrected chi connectivity index (χ1v) is 6.62. The van der Waals surface area contributed by atoms with Crippen molar-refractivity contribution in [3.63, 3.8) is 0 Å². The molecular weight excluding hydrogens is 285 g/mol. The molecule has 0 bridgehead atoms. The second kappa shape index (κ2) is 5.36. The first-order chi connectivity index (χ1) is 8.11. The van der Waals surface area contributed by atoms with Crippen molar-refractivity contribution in [1.82, 2.24) is 4.90 Å². The van der Waals surface area contributed by atoms with Crippen molar-refractivity contribution < 1.29 is 9.13 Å². The van der Waals surface area contributed by atoms with E-state index < -0.39 is 0 Å². The number of methoxy groups -OCH3 is 1. The molecule has 1 fully saturated rings. The number of rotatable bonds is 2. The molecule has 1 heterocycles. The summed E-state index contributed by atoms with van der Waals surface area (Å²) in [5.41, 5.74) is 1.07. The minimum absolute atomic E-state index is 0.282. The number of halogens is 2. The van der Waals surface area contributed by atoms with Gasteiger partial charge >= 0.3 is 0 Å². The molecule has 0 aliphatic carbocycles. The third-order valence-corrected chi connectivity index (χ3v) is 4.00. The molecule has 0 saturated carbocycles. The molecule has 1 aromatic carbocycles. The van der Waals surface area contributed by atoms with Gasteiger partial charge in [-0.1, -0.05) is 0 Å². The quantitative estimate of drug-likeness (QED) is 0.830. The third kappa shape index (κ3) is 2.80. The van der Waals surface area contributed by atoms with Crippen molar-refractivity contribution in [1.29, 1.82) is 0 Å². The molecule has 1 aromatic rings. The molecule has 0 spiro atoms. The van der Waals surface area contributed by atoms with Gasteiger partial charge in [-0.2, -0.15) is 0 Å². The van der Waals surface area contributed by atoms with E-state index in [9.17, 15) is 4.39 Å². The SMILES string of the molecule is COc1c(F)cc(C2CCN(C)CC2)cc1Br. The van der Waals surface area contributed by atoms with Crippen molar-refractivity contribution in [3.8, 4) is 5.75 Å². The lowest BCUT2D eigenvalue weighted by Gasteiger charge is -2.29. The van der Waals surface area contributed by atoms with Crippen LogP contribution in [-0.4, -0.2) is 32.1 Å². The van der Waals surface area contributed by atoms with Gasteiger partial charge in [0.25, 0.3) is 0 Å². The van der Waals surface area contributed by atoms with Gasteiger partial charge in [0, 0.05) is 0 Å². The molecule has 1 saturated heterocycles. The molecule has 0 amide bonds. The van der Waals surface area contributed by atoms with Crippen LogP contribution in [0.15, 0.2) is 16.6 Å². The Morgan fingerprint density at radius 1 is 1.35 bits per heavy atom. The Morgan fingerprint density at radius 2 is 2.00 bits per heavy atom.